The minimum Gasteiger partial charge on any atom is -0.398 e. The number of para-hydroxylation sites is 1. The summed E-state index contributed by atoms with van der Waals surface area (Å²) >= 11 is 0. The molecule has 3 nitrogen and oxygen atoms in total. The van der Waals surface area contributed by atoms with Crippen molar-refractivity contribution < 1.29 is 0 Å². The predicted molar refractivity (Wildman–Crippen MR) is 47.2 cm³/mol. The summed E-state index contributed by atoms with van der Waals surface area (Å²) in [6.07, 6.45) is 0. The number of hydrazine groups is 1. The minimum atomic E-state index is 0.628. The van der Waals surface area contributed by atoms with E-state index in [4.69, 9.17) is 11.6 Å². The molecule has 1 rings (SSSR count). The van der Waals surface area contributed by atoms with Gasteiger partial charge < -0.3 is 11.2 Å². The number of nitrogens with two attached hydrogens (primary N) is 2. The van der Waals surface area contributed by atoms with Crippen LogP contribution >= 0.6 is 0 Å². The van der Waals surface area contributed by atoms with Crippen LogP contribution in [-0.4, -0.2) is 0 Å². The highest BCUT2D eigenvalue weighted by Gasteiger charge is 1.98. The van der Waals surface area contributed by atoms with Crippen molar-refractivity contribution in [1.82, 2.24) is 5.43 Å². The number of anilines is 1. The quantitative estimate of drug-likeness (QED) is 0.329. The molecule has 0 bridgehead atoms. The predicted octanol–water partition coefficient (Wildman–Crippen LogP) is 0.703. The van der Waals surface area contributed by atoms with Gasteiger partial charge in [-0.3, -0.25) is 5.84 Å². The number of hydrogen-bond donors (Lipinski definition) is 3. The Morgan fingerprint density at radius 3 is 2.55 bits per heavy atom. The summed E-state index contributed by atoms with van der Waals surface area (Å²) in [6, 6.07) is 7.41. The van der Waals surface area contributed by atoms with Crippen molar-refractivity contribution in [3.8, 4) is 0 Å². The molecular formula is C8H11N3. The lowest BCUT2D eigenvalue weighted by molar-refractivity contribution is 0.996. The molecule has 0 saturated carbocycles. The molecule has 0 aromatic heterocycles. The van der Waals surface area contributed by atoms with Crippen molar-refractivity contribution in [3.63, 3.8) is 0 Å². The van der Waals surface area contributed by atoms with Gasteiger partial charge in [0.05, 0.1) is 5.70 Å². The maximum absolute atomic E-state index is 5.64. The minimum absolute atomic E-state index is 0.628. The van der Waals surface area contributed by atoms with E-state index >= 15 is 0 Å². The third-order valence-electron chi connectivity index (χ3n) is 1.46. The largest absolute Gasteiger partial charge is 0.398 e. The SMILES string of the molecule is C=C(NN)c1ccccc1N. The van der Waals surface area contributed by atoms with Gasteiger partial charge in [-0.2, -0.15) is 0 Å². The van der Waals surface area contributed by atoms with Gasteiger partial charge in [0.2, 0.25) is 0 Å². The zero-order valence-corrected chi connectivity index (χ0v) is 6.17. The summed E-state index contributed by atoms with van der Waals surface area (Å²) in [4.78, 5) is 0. The Morgan fingerprint density at radius 2 is 2.00 bits per heavy atom. The Morgan fingerprint density at radius 1 is 1.36 bits per heavy atom. The van der Waals surface area contributed by atoms with E-state index in [-0.39, 0.29) is 0 Å². The fourth-order valence-corrected chi connectivity index (χ4v) is 0.850. The smallest absolute Gasteiger partial charge is 0.0506 e. The summed E-state index contributed by atoms with van der Waals surface area (Å²) in [7, 11) is 0. The van der Waals surface area contributed by atoms with Crippen molar-refractivity contribution in [2.45, 2.75) is 0 Å². The van der Waals surface area contributed by atoms with Gasteiger partial charge in [0.25, 0.3) is 0 Å². The van der Waals surface area contributed by atoms with Crippen molar-refractivity contribution in [1.29, 1.82) is 0 Å². The van der Waals surface area contributed by atoms with Crippen molar-refractivity contribution in [2.24, 2.45) is 5.84 Å². The molecule has 0 unspecified atom stereocenters. The molecule has 5 N–H and O–H groups in total. The highest BCUT2D eigenvalue weighted by molar-refractivity contribution is 5.71. The average molecular weight is 149 g/mol. The van der Waals surface area contributed by atoms with Crippen LogP contribution in [0.2, 0.25) is 0 Å². The zero-order valence-electron chi connectivity index (χ0n) is 6.17. The van der Waals surface area contributed by atoms with Crippen LogP contribution in [-0.2, 0) is 0 Å². The number of benzene rings is 1. The lowest BCUT2D eigenvalue weighted by atomic mass is 10.1. The van der Waals surface area contributed by atoms with Crippen LogP contribution < -0.4 is 17.0 Å². The highest BCUT2D eigenvalue weighted by atomic mass is 15.2. The fraction of sp³-hybridized carbons (Fsp3) is 0. The van der Waals surface area contributed by atoms with Crippen LogP contribution in [0.5, 0.6) is 0 Å². The van der Waals surface area contributed by atoms with Crippen LogP contribution in [0, 0.1) is 0 Å². The van der Waals surface area contributed by atoms with Crippen molar-refractivity contribution in [2.75, 3.05) is 5.73 Å². The van der Waals surface area contributed by atoms with Gasteiger partial charge in [0.15, 0.2) is 0 Å². The van der Waals surface area contributed by atoms with E-state index in [9.17, 15) is 0 Å². The molecule has 0 atom stereocenters. The summed E-state index contributed by atoms with van der Waals surface area (Å²) < 4.78 is 0. The molecule has 1 aromatic carbocycles. The summed E-state index contributed by atoms with van der Waals surface area (Å²) in [6.45, 7) is 3.69. The Hall–Kier alpha value is -1.48. The molecule has 0 amide bonds. The van der Waals surface area contributed by atoms with E-state index in [0.717, 1.165) is 5.56 Å². The molecule has 0 fully saturated rings. The summed E-state index contributed by atoms with van der Waals surface area (Å²) in [5, 5.41) is 0. The number of hydrogen-bond acceptors (Lipinski definition) is 3. The standard InChI is InChI=1S/C8H11N3/c1-6(11-10)7-4-2-3-5-8(7)9/h2-5,11H,1,9-10H2. The van der Waals surface area contributed by atoms with Crippen molar-refractivity contribution >= 4 is 11.4 Å². The Kier molecular flexibility index (Phi) is 2.13. The topological polar surface area (TPSA) is 64.1 Å². The molecule has 11 heavy (non-hydrogen) atoms. The molecule has 0 aliphatic rings. The van der Waals surface area contributed by atoms with Crippen LogP contribution in [0.1, 0.15) is 5.56 Å². The van der Waals surface area contributed by atoms with Gasteiger partial charge in [0.1, 0.15) is 0 Å². The van der Waals surface area contributed by atoms with E-state index in [1.165, 1.54) is 0 Å². The van der Waals surface area contributed by atoms with Crippen LogP contribution in [0.25, 0.3) is 5.70 Å². The molecule has 1 aromatic rings. The van der Waals surface area contributed by atoms with Gasteiger partial charge in [-0.25, -0.2) is 0 Å². The Balaban J connectivity index is 3.03. The zero-order chi connectivity index (χ0) is 8.27. The van der Waals surface area contributed by atoms with Crippen molar-refractivity contribution in [3.05, 3.63) is 36.4 Å². The van der Waals surface area contributed by atoms with E-state index < -0.39 is 0 Å². The Labute approximate surface area is 65.7 Å². The molecule has 0 aliphatic carbocycles. The summed E-state index contributed by atoms with van der Waals surface area (Å²) in [5.74, 6) is 5.17. The van der Waals surface area contributed by atoms with E-state index in [1.807, 2.05) is 18.2 Å². The molecular weight excluding hydrogens is 138 g/mol. The normalized spacial score (nSPS) is 9.18. The first-order valence-corrected chi connectivity index (χ1v) is 3.26. The first-order chi connectivity index (χ1) is 5.25. The molecule has 3 heteroatoms. The van der Waals surface area contributed by atoms with Crippen LogP contribution in [0.3, 0.4) is 0 Å². The van der Waals surface area contributed by atoms with Gasteiger partial charge >= 0.3 is 0 Å². The first-order valence-electron chi connectivity index (χ1n) is 3.26. The third-order valence-corrected chi connectivity index (χ3v) is 1.46. The second kappa shape index (κ2) is 3.07. The summed E-state index contributed by atoms with van der Waals surface area (Å²) in [5.41, 5.74) is 10.2. The van der Waals surface area contributed by atoms with Crippen LogP contribution in [0.15, 0.2) is 30.8 Å². The Bertz CT molecular complexity index is 268. The van der Waals surface area contributed by atoms with Gasteiger partial charge in [-0.05, 0) is 6.07 Å². The van der Waals surface area contributed by atoms with E-state index in [2.05, 4.69) is 12.0 Å². The maximum Gasteiger partial charge on any atom is 0.0506 e. The number of nitrogens with one attached hydrogen (secondary N) is 1. The van der Waals surface area contributed by atoms with E-state index in [0.29, 0.717) is 11.4 Å². The lowest BCUT2D eigenvalue weighted by Gasteiger charge is -2.06. The average Bonchev–Trinajstić information content (AvgIpc) is 2.04. The molecule has 58 valence electrons. The third kappa shape index (κ3) is 1.50. The molecule has 0 spiro atoms. The second-order valence-corrected chi connectivity index (χ2v) is 2.21. The highest BCUT2D eigenvalue weighted by Crippen LogP contribution is 2.15. The monoisotopic (exact) mass is 149 g/mol. The van der Waals surface area contributed by atoms with Gasteiger partial charge in [0, 0.05) is 11.3 Å². The molecule has 0 radical (unpaired) electrons. The van der Waals surface area contributed by atoms with Gasteiger partial charge in [-0.15, -0.1) is 0 Å². The fourth-order valence-electron chi connectivity index (χ4n) is 0.850. The van der Waals surface area contributed by atoms with E-state index in [1.54, 1.807) is 6.07 Å². The number of nitrogen functional groups attached to an aromatic ring is 1. The maximum atomic E-state index is 5.64. The molecule has 0 heterocycles. The molecule has 0 aliphatic heterocycles. The second-order valence-electron chi connectivity index (χ2n) is 2.21. The number of rotatable bonds is 2. The molecule has 0 saturated heterocycles. The van der Waals surface area contributed by atoms with Gasteiger partial charge in [-0.1, -0.05) is 24.8 Å². The lowest BCUT2D eigenvalue weighted by Crippen LogP contribution is -2.19. The first kappa shape index (κ1) is 7.63. The van der Waals surface area contributed by atoms with Crippen LogP contribution in [0.4, 0.5) is 5.69 Å².